The maximum Gasteiger partial charge on any atom is 0.430 e. The molecular weight excluding hydrogens is 289 g/mol. The van der Waals surface area contributed by atoms with Crippen LogP contribution in [0.4, 0.5) is 13.2 Å². The van der Waals surface area contributed by atoms with Gasteiger partial charge in [0.15, 0.2) is 0 Å². The molecule has 1 N–H and O–H groups in total. The first-order valence-electron chi connectivity index (χ1n) is 4.54. The van der Waals surface area contributed by atoms with Crippen LogP contribution >= 0.6 is 23.8 Å². The normalized spacial score (nSPS) is 12.4. The summed E-state index contributed by atoms with van der Waals surface area (Å²) in [6.07, 6.45) is -7.13. The van der Waals surface area contributed by atoms with Gasteiger partial charge in [0, 0.05) is 10.6 Å². The number of benzene rings is 1. The summed E-state index contributed by atoms with van der Waals surface area (Å²) < 4.78 is 37.3. The summed E-state index contributed by atoms with van der Waals surface area (Å²) in [6.45, 7) is 0. The predicted octanol–water partition coefficient (Wildman–Crippen LogP) is 3.06. The van der Waals surface area contributed by atoms with Crippen molar-refractivity contribution >= 4 is 34.9 Å². The van der Waals surface area contributed by atoms with Crippen molar-refractivity contribution < 1.29 is 18.0 Å². The van der Waals surface area contributed by atoms with Crippen LogP contribution in [0.2, 0.25) is 5.02 Å². The summed E-state index contributed by atoms with van der Waals surface area (Å²) >= 11 is 9.69. The molecule has 0 spiro atoms. The number of amides is 1. The van der Waals surface area contributed by atoms with Crippen LogP contribution in [0.3, 0.4) is 0 Å². The molecule has 0 saturated heterocycles. The molecule has 18 heavy (non-hydrogen) atoms. The molecule has 0 radical (unpaired) electrons. The molecule has 0 bridgehead atoms. The van der Waals surface area contributed by atoms with Gasteiger partial charge in [-0.2, -0.15) is 18.2 Å². The topological polar surface area (TPSA) is 41.5 Å². The van der Waals surface area contributed by atoms with Gasteiger partial charge < -0.3 is 5.32 Å². The molecule has 0 aliphatic carbocycles. The van der Waals surface area contributed by atoms with Gasteiger partial charge in [-0.3, -0.25) is 4.79 Å². The summed E-state index contributed by atoms with van der Waals surface area (Å²) in [5, 5.41) is 3.65. The second-order valence-electron chi connectivity index (χ2n) is 3.14. The third-order valence-corrected chi connectivity index (χ3v) is 2.22. The average molecular weight is 295 g/mol. The van der Waals surface area contributed by atoms with E-state index in [1.165, 1.54) is 24.3 Å². The fourth-order valence-corrected chi connectivity index (χ4v) is 1.28. The van der Waals surface area contributed by atoms with Gasteiger partial charge in [-0.05, 0) is 36.5 Å². The molecule has 96 valence electrons. The Labute approximate surface area is 111 Å². The molecule has 0 heterocycles. The molecule has 1 rings (SSSR count). The molecule has 3 nitrogen and oxygen atoms in total. The van der Waals surface area contributed by atoms with Crippen LogP contribution in [-0.4, -0.2) is 23.4 Å². The lowest BCUT2D eigenvalue weighted by atomic mass is 10.2. The van der Waals surface area contributed by atoms with Crippen molar-refractivity contribution in [3.63, 3.8) is 0 Å². The Morgan fingerprint density at radius 1 is 1.39 bits per heavy atom. The molecule has 1 amide bonds. The number of carbonyl (C=O) groups is 1. The average Bonchev–Trinajstić information content (AvgIpc) is 2.28. The number of hydrogen-bond donors (Lipinski definition) is 1. The van der Waals surface area contributed by atoms with Crippen LogP contribution in [0.25, 0.3) is 0 Å². The van der Waals surface area contributed by atoms with Crippen molar-refractivity contribution in [2.45, 2.75) is 12.3 Å². The van der Waals surface area contributed by atoms with Crippen LogP contribution in [-0.2, 0) is 0 Å². The first kappa shape index (κ1) is 14.6. The quantitative estimate of drug-likeness (QED) is 0.687. The van der Waals surface area contributed by atoms with Crippen LogP contribution < -0.4 is 5.32 Å². The lowest BCUT2D eigenvalue weighted by molar-refractivity contribution is -0.151. The van der Waals surface area contributed by atoms with Gasteiger partial charge in [0.1, 0.15) is 0 Å². The zero-order valence-electron chi connectivity index (χ0n) is 8.66. The maximum atomic E-state index is 12.4. The lowest BCUT2D eigenvalue weighted by Crippen LogP contribution is -2.43. The van der Waals surface area contributed by atoms with Crippen molar-refractivity contribution in [3.8, 4) is 0 Å². The zero-order chi connectivity index (χ0) is 13.8. The van der Waals surface area contributed by atoms with E-state index in [9.17, 15) is 18.0 Å². The number of aliphatic imine (C=N–C) groups is 1. The van der Waals surface area contributed by atoms with Crippen LogP contribution in [0.15, 0.2) is 29.3 Å². The van der Waals surface area contributed by atoms with E-state index in [1.54, 1.807) is 10.5 Å². The van der Waals surface area contributed by atoms with E-state index < -0.39 is 18.2 Å². The Morgan fingerprint density at radius 2 is 1.94 bits per heavy atom. The minimum absolute atomic E-state index is 0.0354. The molecule has 8 heteroatoms. The minimum atomic E-state index is -4.73. The highest BCUT2D eigenvalue weighted by atomic mass is 35.5. The van der Waals surface area contributed by atoms with E-state index in [0.29, 0.717) is 5.02 Å². The highest BCUT2D eigenvalue weighted by Gasteiger charge is 2.41. The maximum absolute atomic E-state index is 12.4. The highest BCUT2D eigenvalue weighted by Crippen LogP contribution is 2.21. The molecule has 1 atom stereocenters. The van der Waals surface area contributed by atoms with E-state index in [-0.39, 0.29) is 5.56 Å². The minimum Gasteiger partial charge on any atom is -0.322 e. The van der Waals surface area contributed by atoms with E-state index in [1.807, 2.05) is 0 Å². The summed E-state index contributed by atoms with van der Waals surface area (Å²) in [4.78, 5) is 14.4. The Bertz CT molecular complexity index is 483. The first-order chi connectivity index (χ1) is 8.34. The Hall–Kier alpha value is -1.43. The number of halogens is 4. The standard InChI is InChI=1S/C10H6ClF3N2OS/c11-7-3-1-6(2-4-7)8(17)16-9(15-5-18)10(12,13)14/h1-4,9H,(H,16,17). The number of hydrogen-bond acceptors (Lipinski definition) is 3. The number of alkyl halides is 3. The van der Waals surface area contributed by atoms with Crippen LogP contribution in [0.5, 0.6) is 0 Å². The van der Waals surface area contributed by atoms with E-state index in [2.05, 4.69) is 17.2 Å². The third-order valence-electron chi connectivity index (χ3n) is 1.87. The monoisotopic (exact) mass is 294 g/mol. The van der Waals surface area contributed by atoms with Gasteiger partial charge in [0.25, 0.3) is 5.91 Å². The Morgan fingerprint density at radius 3 is 2.39 bits per heavy atom. The number of carbonyl (C=O) groups excluding carboxylic acids is 1. The number of nitrogens with one attached hydrogen (secondary N) is 1. The van der Waals surface area contributed by atoms with E-state index in [4.69, 9.17) is 11.6 Å². The smallest absolute Gasteiger partial charge is 0.322 e. The summed E-state index contributed by atoms with van der Waals surface area (Å²) in [6, 6.07) is 5.38. The van der Waals surface area contributed by atoms with Crippen molar-refractivity contribution in [2.75, 3.05) is 0 Å². The number of thiocarbonyl (C=S) groups is 1. The summed E-state index contributed by atoms with van der Waals surface area (Å²) in [5.74, 6) is -0.928. The molecule has 1 aromatic rings. The van der Waals surface area contributed by atoms with Gasteiger partial charge >= 0.3 is 6.18 Å². The van der Waals surface area contributed by atoms with E-state index >= 15 is 0 Å². The summed E-state index contributed by atoms with van der Waals surface area (Å²) in [5.41, 5.74) is 0.0354. The van der Waals surface area contributed by atoms with Gasteiger partial charge in [-0.1, -0.05) is 11.6 Å². The number of isothiocyanates is 1. The van der Waals surface area contributed by atoms with Crippen LogP contribution in [0, 0.1) is 0 Å². The van der Waals surface area contributed by atoms with Crippen molar-refractivity contribution in [1.82, 2.24) is 5.32 Å². The van der Waals surface area contributed by atoms with Crippen molar-refractivity contribution in [2.24, 2.45) is 4.99 Å². The van der Waals surface area contributed by atoms with Crippen molar-refractivity contribution in [3.05, 3.63) is 34.9 Å². The third kappa shape index (κ3) is 4.10. The Balaban J connectivity index is 2.85. The Kier molecular flexibility index (Phi) is 4.84. The molecule has 0 fully saturated rings. The lowest BCUT2D eigenvalue weighted by Gasteiger charge is -2.16. The highest BCUT2D eigenvalue weighted by molar-refractivity contribution is 7.78. The zero-order valence-corrected chi connectivity index (χ0v) is 10.2. The largest absolute Gasteiger partial charge is 0.430 e. The van der Waals surface area contributed by atoms with Crippen molar-refractivity contribution in [1.29, 1.82) is 0 Å². The number of rotatable bonds is 3. The summed E-state index contributed by atoms with van der Waals surface area (Å²) in [7, 11) is 0. The molecule has 1 unspecified atom stereocenters. The molecule has 0 aliphatic rings. The fourth-order valence-electron chi connectivity index (χ4n) is 1.05. The van der Waals surface area contributed by atoms with Gasteiger partial charge in [0.2, 0.25) is 6.17 Å². The van der Waals surface area contributed by atoms with E-state index in [0.717, 1.165) is 0 Å². The predicted molar refractivity (Wildman–Crippen MR) is 63.8 cm³/mol. The van der Waals surface area contributed by atoms with Gasteiger partial charge in [0.05, 0.1) is 5.16 Å². The number of nitrogens with zero attached hydrogens (tertiary/aromatic N) is 1. The van der Waals surface area contributed by atoms with Gasteiger partial charge in [-0.15, -0.1) is 0 Å². The second kappa shape index (κ2) is 5.95. The second-order valence-corrected chi connectivity index (χ2v) is 3.76. The fraction of sp³-hybridized carbons (Fsp3) is 0.200. The molecule has 1 aromatic carbocycles. The molecule has 0 aromatic heterocycles. The molecular formula is C10H6ClF3N2OS. The SMILES string of the molecule is O=C(NC(N=C=S)C(F)(F)F)c1ccc(Cl)cc1. The molecule has 0 saturated carbocycles. The first-order valence-corrected chi connectivity index (χ1v) is 5.33. The van der Waals surface area contributed by atoms with Gasteiger partial charge in [-0.25, -0.2) is 0 Å². The van der Waals surface area contributed by atoms with Crippen LogP contribution in [0.1, 0.15) is 10.4 Å². The molecule has 0 aliphatic heterocycles.